The number of imidazole rings is 1. The number of hydrogen-bond donors (Lipinski definition) is 22. The van der Waals surface area contributed by atoms with Gasteiger partial charge in [-0.05, 0) is 125 Å². The molecule has 15 atom stereocenters. The average Bonchev–Trinajstić information content (AvgIpc) is 1.73. The van der Waals surface area contributed by atoms with Gasteiger partial charge in [-0.1, -0.05) is 88.1 Å². The van der Waals surface area contributed by atoms with E-state index in [0.717, 1.165) is 31.4 Å². The summed E-state index contributed by atoms with van der Waals surface area (Å²) in [5, 5.41) is 81.6. The topological polar surface area (TPSA) is 682 Å². The number of carbonyl (C=O) groups excluding carboxylic acids is 16. The van der Waals surface area contributed by atoms with Gasteiger partial charge in [-0.2, -0.15) is 0 Å². The lowest BCUT2D eigenvalue weighted by molar-refractivity contribution is -0.149. The van der Waals surface area contributed by atoms with E-state index in [9.17, 15) is 39.6 Å². The molecule has 46 heteroatoms. The molecule has 16 amide bonds. The van der Waals surface area contributed by atoms with Crippen LogP contribution in [0.15, 0.2) is 97.7 Å². The van der Waals surface area contributed by atoms with Gasteiger partial charge < -0.3 is 136 Å². The predicted molar refractivity (Wildman–Crippen MR) is 509 cm³/mol. The average molecular weight is 1950 g/mol. The SMILES string of the molecule is CCCC[C@@H]1C(=O)N(C)[C@H](CCCC)C(=O)N[C@@H](CCCNC(=N)N)C(=O)N[C@@H](C(=O)NCC(N)=O)CSCC(=O)N[C@@H](Cc2ccc(O)cc2)C(=O)N2CCCCC2C(=O)N[C@H](CCC(=O)O)C(=O)N2CCC[C@H]2C(=O)N[C@H](Cc2c[nH]cn2)C(=O)N[C@@H](CCCN)C(=O)N2C[C@H](O)CC2C(=O)N[C@H](Cc2c[nH]c3ccccc23)C(=O)N[C@@H](CO)C(=O)N[C@@H](Cc2c[nH]c3ccccc23)C(=O)N1C. The number of para-hydroxylation sites is 2. The zero-order valence-electron chi connectivity index (χ0n) is 78.4. The third-order valence-corrected chi connectivity index (χ3v) is 26.4. The Bertz CT molecular complexity index is 5330. The second-order valence-electron chi connectivity index (χ2n) is 35.4. The number of aromatic hydroxyl groups is 1. The Balaban J connectivity index is 1.03. The number of thioether (sulfide) groups is 1. The molecule has 4 fully saturated rings. The van der Waals surface area contributed by atoms with Crippen molar-refractivity contribution in [3.63, 3.8) is 0 Å². The highest BCUT2D eigenvalue weighted by molar-refractivity contribution is 8.00. The first-order valence-corrected chi connectivity index (χ1v) is 48.2. The molecule has 45 nitrogen and oxygen atoms in total. The fraction of sp³-hybridized carbons (Fsp3) is 0.538. The van der Waals surface area contributed by atoms with Crippen LogP contribution in [0.4, 0.5) is 0 Å². The lowest BCUT2D eigenvalue weighted by atomic mass is 9.97. The van der Waals surface area contributed by atoms with Crippen molar-refractivity contribution in [3.05, 3.63) is 120 Å². The van der Waals surface area contributed by atoms with Crippen molar-refractivity contribution >= 4 is 140 Å². The van der Waals surface area contributed by atoms with E-state index in [-0.39, 0.29) is 121 Å². The molecule has 139 heavy (non-hydrogen) atoms. The molecule has 3 aromatic carbocycles. The first kappa shape index (κ1) is 107. The number of nitrogens with zero attached hydrogens (tertiary/aromatic N) is 6. The molecule has 0 saturated carbocycles. The minimum absolute atomic E-state index is 0.00397. The Hall–Kier alpha value is -13.8. The van der Waals surface area contributed by atoms with E-state index in [1.807, 2.05) is 13.8 Å². The van der Waals surface area contributed by atoms with Gasteiger partial charge in [0.05, 0.1) is 37.0 Å². The molecule has 0 aliphatic carbocycles. The summed E-state index contributed by atoms with van der Waals surface area (Å²) >= 11 is 0.776. The van der Waals surface area contributed by atoms with E-state index in [0.29, 0.717) is 77.0 Å². The number of phenolic OH excluding ortho intramolecular Hbond substituents is 1. The molecule has 3 aromatic heterocycles. The van der Waals surface area contributed by atoms with E-state index in [4.69, 9.17) is 22.6 Å². The van der Waals surface area contributed by atoms with Crippen molar-refractivity contribution < 1.29 is 102 Å². The molecule has 4 saturated heterocycles. The summed E-state index contributed by atoms with van der Waals surface area (Å²) in [7, 11) is 2.68. The van der Waals surface area contributed by atoms with Gasteiger partial charge in [-0.25, -0.2) is 4.98 Å². The number of guanidine groups is 1. The highest BCUT2D eigenvalue weighted by Crippen LogP contribution is 2.29. The third kappa shape index (κ3) is 29.9. The second kappa shape index (κ2) is 52.1. The largest absolute Gasteiger partial charge is 0.508 e. The zero-order valence-corrected chi connectivity index (χ0v) is 79.2. The fourth-order valence-corrected chi connectivity index (χ4v) is 18.7. The van der Waals surface area contributed by atoms with Crippen molar-refractivity contribution in [2.45, 2.75) is 246 Å². The Morgan fingerprint density at radius 1 is 0.525 bits per heavy atom. The zero-order chi connectivity index (χ0) is 101. The summed E-state index contributed by atoms with van der Waals surface area (Å²) in [6.07, 6.45) is 3.91. The number of piperidine rings is 1. The van der Waals surface area contributed by atoms with Crippen LogP contribution in [0.25, 0.3) is 21.8 Å². The molecule has 0 bridgehead atoms. The number of aliphatic hydroxyl groups excluding tert-OH is 2. The van der Waals surface area contributed by atoms with Gasteiger partial charge in [0.2, 0.25) is 94.5 Å². The predicted octanol–water partition coefficient (Wildman–Crippen LogP) is -2.71. The number of carboxylic acid groups (broad SMARTS) is 1. The van der Waals surface area contributed by atoms with Gasteiger partial charge >= 0.3 is 5.97 Å². The number of aromatic amines is 3. The number of unbranched alkanes of at least 4 members (excludes halogenated alkanes) is 2. The summed E-state index contributed by atoms with van der Waals surface area (Å²) in [4.78, 5) is 271. The number of H-pyrrole nitrogens is 3. The van der Waals surface area contributed by atoms with Gasteiger partial charge in [0, 0.05) is 125 Å². The lowest BCUT2D eigenvalue weighted by Gasteiger charge is -2.38. The number of aromatic nitrogens is 4. The number of carbonyl (C=O) groups is 17. The van der Waals surface area contributed by atoms with E-state index in [1.165, 1.54) is 55.8 Å². The van der Waals surface area contributed by atoms with E-state index in [2.05, 4.69) is 78.4 Å². The Morgan fingerprint density at radius 2 is 1.04 bits per heavy atom. The first-order chi connectivity index (χ1) is 66.6. The van der Waals surface area contributed by atoms with Crippen molar-refractivity contribution in [2.75, 3.05) is 71.5 Å². The summed E-state index contributed by atoms with van der Waals surface area (Å²) in [6.45, 7) is 1.11. The Kier molecular flexibility index (Phi) is 40.2. The number of nitrogens with one attached hydrogen (secondary N) is 15. The number of primary amides is 1. The molecular weight excluding hydrogens is 1820 g/mol. The molecule has 7 heterocycles. The molecular formula is C93H130N24O21S. The lowest BCUT2D eigenvalue weighted by Crippen LogP contribution is -2.62. The highest BCUT2D eigenvalue weighted by atomic mass is 32.2. The molecule has 754 valence electrons. The number of hydrogen-bond acceptors (Lipinski definition) is 24. The number of amides is 16. The Labute approximate surface area is 806 Å². The van der Waals surface area contributed by atoms with Crippen LogP contribution in [0.3, 0.4) is 0 Å². The summed E-state index contributed by atoms with van der Waals surface area (Å²) in [5.41, 5.74) is 20.0. The van der Waals surface area contributed by atoms with Crippen LogP contribution in [0.5, 0.6) is 5.75 Å². The van der Waals surface area contributed by atoms with Crippen molar-refractivity contribution in [1.82, 2.24) is 103 Å². The van der Waals surface area contributed by atoms with Crippen LogP contribution < -0.4 is 75.7 Å². The van der Waals surface area contributed by atoms with Crippen molar-refractivity contribution in [3.8, 4) is 5.75 Å². The number of nitrogens with two attached hydrogens (primary N) is 3. The van der Waals surface area contributed by atoms with E-state index >= 15 is 62.3 Å². The van der Waals surface area contributed by atoms with E-state index < -0.39 is 248 Å². The van der Waals surface area contributed by atoms with E-state index in [1.54, 1.807) is 60.9 Å². The maximum Gasteiger partial charge on any atom is 0.303 e. The summed E-state index contributed by atoms with van der Waals surface area (Å²) in [5.74, 6) is -17.8. The number of rotatable bonds is 28. The van der Waals surface area contributed by atoms with Crippen LogP contribution >= 0.6 is 11.8 Å². The molecule has 0 radical (unpaired) electrons. The molecule has 4 aliphatic heterocycles. The number of phenols is 1. The van der Waals surface area contributed by atoms with Crippen LogP contribution in [0.2, 0.25) is 0 Å². The van der Waals surface area contributed by atoms with Gasteiger partial charge in [-0.15, -0.1) is 11.8 Å². The molecule has 0 spiro atoms. The van der Waals surface area contributed by atoms with Gasteiger partial charge in [0.15, 0.2) is 5.96 Å². The molecule has 25 N–H and O–H groups in total. The second-order valence-corrected chi connectivity index (χ2v) is 36.5. The minimum Gasteiger partial charge on any atom is -0.508 e. The molecule has 10 rings (SSSR count). The van der Waals surface area contributed by atoms with Gasteiger partial charge in [-0.3, -0.25) is 86.9 Å². The maximum absolute atomic E-state index is 15.8. The number of carboxylic acids is 1. The van der Waals surface area contributed by atoms with Crippen LogP contribution in [0, 0.1) is 5.41 Å². The maximum atomic E-state index is 15.8. The third-order valence-electron chi connectivity index (χ3n) is 25.3. The number of aliphatic carboxylic acids is 1. The van der Waals surface area contributed by atoms with Crippen molar-refractivity contribution in [2.24, 2.45) is 17.2 Å². The van der Waals surface area contributed by atoms with Crippen LogP contribution in [-0.2, 0) is 107 Å². The fourth-order valence-electron chi connectivity index (χ4n) is 17.8. The number of likely N-dealkylation sites (N-methyl/N-ethyl adjacent to an activating group) is 2. The smallest absolute Gasteiger partial charge is 0.303 e. The Morgan fingerprint density at radius 3 is 1.65 bits per heavy atom. The monoisotopic (exact) mass is 1950 g/mol. The number of aliphatic hydroxyl groups is 2. The summed E-state index contributed by atoms with van der Waals surface area (Å²) in [6, 6.07) is -2.06. The normalized spacial score (nSPS) is 24.8. The van der Waals surface area contributed by atoms with Gasteiger partial charge in [0.1, 0.15) is 90.3 Å². The van der Waals surface area contributed by atoms with Crippen LogP contribution in [0.1, 0.15) is 152 Å². The van der Waals surface area contributed by atoms with Crippen molar-refractivity contribution in [1.29, 1.82) is 5.41 Å². The molecule has 6 aromatic rings. The first-order valence-electron chi connectivity index (χ1n) is 47.1. The molecule has 4 aliphatic rings. The number of benzene rings is 3. The summed E-state index contributed by atoms with van der Waals surface area (Å²) < 4.78 is 0. The molecule has 2 unspecified atom stereocenters. The standard InChI is InChI=1S/C93H130N24O21S/c1-5-7-24-71-84(130)105-62(23-16-35-99-93(96)97)80(126)112-70(79(125)102-46-76(95)121)49-139-50-77(122)104-67(38-52-28-30-56(119)31-29-52)91(137)115-36-14-13-26-72(115)85(131)107-64(32-33-78(123)124)89(135)116-37-17-27-73(116)86(132)109-66(41-55-45-98-51-103-55)82(128)106-63(22-15-34-94)90(136)117-47-57(120)42-75(117)87(133)108-65(39-53-43-100-60-20-11-9-18-58(53)60)81(127)111-69(48-118)83(129)110-68(40-54-44-101-61-21-12-10-19-59(54)61)88(134)114(4)74(25-8-6-2)92(138)113(71)3/h9-12,18-21,28-31,43-45,51,57,62-75,100-101,118-120H,5-8,13-17,22-27,32-42,46-50,94H2,1-4H3,(H2,95,121)(H,98,103)(H,102,125)(H,104,122)(H,105,130)(H,106,128)(H,107,131)(H,108,133)(H,109,132)(H,110,129)(H,111,127)(H,112,126)(H,123,124)(H4,96,97,99)/t57-,62+,63+,64-,65-,66-,67+,68+,69+,70-,71-,72?,73+,74-,75?/m1/s1. The number of fused-ring (bicyclic) bond motifs is 5. The van der Waals surface area contributed by atoms with Crippen LogP contribution in [-0.4, -0.2) is 333 Å². The highest BCUT2D eigenvalue weighted by Gasteiger charge is 2.47. The quantitative estimate of drug-likeness (QED) is 0.0135. The van der Waals surface area contributed by atoms with Gasteiger partial charge in [0.25, 0.3) is 0 Å². The minimum atomic E-state index is -1.90.